The van der Waals surface area contributed by atoms with E-state index in [-0.39, 0.29) is 78.5 Å². The second-order valence-electron chi connectivity index (χ2n) is 2.28. The molecule has 6 nitrogen and oxygen atoms in total. The summed E-state index contributed by atoms with van der Waals surface area (Å²) in [6.45, 7) is 2.76. The number of aliphatic hydroxyl groups is 2. The van der Waals surface area contributed by atoms with Gasteiger partial charge >= 0.3 is 0 Å². The fourth-order valence-corrected chi connectivity index (χ4v) is 0.671. The van der Waals surface area contributed by atoms with E-state index in [4.69, 9.17) is 24.4 Å². The molecule has 4 N–H and O–H groups in total. The molecule has 0 aromatic heterocycles. The molecule has 0 unspecified atom stereocenters. The minimum Gasteiger partial charge on any atom is -0.412 e. The summed E-state index contributed by atoms with van der Waals surface area (Å²) >= 11 is 0. The maximum Gasteiger partial charge on any atom is 0.0701 e. The summed E-state index contributed by atoms with van der Waals surface area (Å²) < 4.78 is 15.0. The Bertz CT molecular complexity index is 90.6. The van der Waals surface area contributed by atoms with Gasteiger partial charge in [0.2, 0.25) is 0 Å². The average Bonchev–Trinajstić information content (AvgIpc) is 2.16. The summed E-state index contributed by atoms with van der Waals surface area (Å²) in [5.41, 5.74) is 0. The van der Waals surface area contributed by atoms with Crippen molar-refractivity contribution in [3.8, 4) is 0 Å². The van der Waals surface area contributed by atoms with Gasteiger partial charge < -0.3 is 29.9 Å². The molecule has 0 aliphatic heterocycles. The van der Waals surface area contributed by atoms with Crippen LogP contribution in [0.3, 0.4) is 0 Å². The Morgan fingerprint density at radius 3 is 1.12 bits per heavy atom. The zero-order chi connectivity index (χ0) is 9.78. The number of hydrogen-bond acceptors (Lipinski definition) is 5. The van der Waals surface area contributed by atoms with Crippen molar-refractivity contribution in [3.63, 3.8) is 0 Å². The van der Waals surface area contributed by atoms with Crippen LogP contribution >= 0.6 is 0 Å². The summed E-state index contributed by atoms with van der Waals surface area (Å²) in [5, 5.41) is 16.7. The molecular weight excluding hydrogens is 242 g/mol. The van der Waals surface area contributed by atoms with Gasteiger partial charge in [0.05, 0.1) is 52.9 Å². The smallest absolute Gasteiger partial charge is 0.0701 e. The number of rotatable bonds is 10. The van der Waals surface area contributed by atoms with Crippen molar-refractivity contribution in [3.05, 3.63) is 0 Å². The van der Waals surface area contributed by atoms with Crippen LogP contribution in [0.15, 0.2) is 0 Å². The molecule has 0 spiro atoms. The van der Waals surface area contributed by atoms with Crippen LogP contribution in [0, 0.1) is 0 Å². The van der Waals surface area contributed by atoms with Crippen LogP contribution in [-0.4, -0.2) is 128 Å². The molecule has 0 bridgehead atoms. The number of aliphatic hydroxyl groups excluding tert-OH is 2. The molecule has 0 atom stereocenters. The second-order valence-corrected chi connectivity index (χ2v) is 2.28. The monoisotopic (exact) mass is 262 g/mol. The molecule has 0 saturated carbocycles. The van der Waals surface area contributed by atoms with Gasteiger partial charge in [0.15, 0.2) is 0 Å². The van der Waals surface area contributed by atoms with Crippen molar-refractivity contribution in [2.45, 2.75) is 0 Å². The van der Waals surface area contributed by atoms with E-state index in [1.807, 2.05) is 0 Å². The Balaban J connectivity index is -0.000000240. The van der Waals surface area contributed by atoms with Crippen LogP contribution in [-0.2, 0) is 14.2 Å². The van der Waals surface area contributed by atoms with Gasteiger partial charge in [-0.3, -0.25) is 0 Å². The topological polar surface area (TPSA) is 99.7 Å². The predicted octanol–water partition coefficient (Wildman–Crippen LogP) is -2.57. The van der Waals surface area contributed by atoms with Crippen LogP contribution in [0.25, 0.3) is 0 Å². The van der Waals surface area contributed by atoms with Crippen LogP contribution in [0.5, 0.6) is 0 Å². The van der Waals surface area contributed by atoms with E-state index in [1.165, 1.54) is 0 Å². The fourth-order valence-electron chi connectivity index (χ4n) is 0.671. The predicted molar refractivity (Wildman–Crippen MR) is 61.8 cm³/mol. The van der Waals surface area contributed by atoms with Crippen LogP contribution in [0.4, 0.5) is 0 Å². The van der Waals surface area contributed by atoms with Crippen LogP contribution in [0.1, 0.15) is 0 Å². The Hall–Kier alpha value is 1.46. The summed E-state index contributed by atoms with van der Waals surface area (Å²) in [6, 6.07) is 0. The van der Waals surface area contributed by atoms with Gasteiger partial charge in [-0.25, -0.2) is 0 Å². The van der Waals surface area contributed by atoms with Crippen LogP contribution < -0.4 is 0 Å². The second kappa shape index (κ2) is 25.3. The summed E-state index contributed by atoms with van der Waals surface area (Å²) in [6.07, 6.45) is 0. The van der Waals surface area contributed by atoms with Crippen LogP contribution in [0.2, 0.25) is 0 Å². The maximum absolute atomic E-state index is 8.36. The molecule has 0 aromatic rings. The number of ether oxygens (including phenoxy) is 3. The average molecular weight is 262 g/mol. The van der Waals surface area contributed by atoms with Gasteiger partial charge in [0, 0.05) is 59.8 Å². The molecule has 0 aromatic carbocycles. The molecule has 0 saturated heterocycles. The third kappa shape index (κ3) is 24.6. The van der Waals surface area contributed by atoms with Crippen molar-refractivity contribution in [2.24, 2.45) is 0 Å². The first-order chi connectivity index (χ1) is 6.41. The molecule has 16 heavy (non-hydrogen) atoms. The van der Waals surface area contributed by atoms with E-state index in [0.29, 0.717) is 39.6 Å². The minimum absolute atomic E-state index is 0. The standard InChI is InChI=1S/C8H18O5.B.K.H2O/c9-1-3-11-5-7-13-8-6-12-4-2-10;;;/h9-10H,1-8H2;;;1H2. The SMILES string of the molecule is O.OCCOCCOCCOCCO.[B].[K]. The van der Waals surface area contributed by atoms with Gasteiger partial charge in [0.25, 0.3) is 0 Å². The molecular formula is C8H20BKO6. The normalized spacial score (nSPS) is 8.62. The van der Waals surface area contributed by atoms with Gasteiger partial charge in [-0.1, -0.05) is 0 Å². The Kier molecular flexibility index (Phi) is 41.4. The molecule has 0 aliphatic carbocycles. The Morgan fingerprint density at radius 2 is 0.875 bits per heavy atom. The van der Waals surface area contributed by atoms with Crippen molar-refractivity contribution < 1.29 is 29.9 Å². The molecule has 8 heteroatoms. The number of hydrogen-bond donors (Lipinski definition) is 2. The third-order valence-corrected chi connectivity index (χ3v) is 1.22. The third-order valence-electron chi connectivity index (χ3n) is 1.22. The first-order valence-corrected chi connectivity index (χ1v) is 4.36. The molecule has 4 radical (unpaired) electrons. The van der Waals surface area contributed by atoms with Crippen molar-refractivity contribution in [1.82, 2.24) is 0 Å². The molecule has 0 aliphatic rings. The summed E-state index contributed by atoms with van der Waals surface area (Å²) in [4.78, 5) is 0. The molecule has 0 heterocycles. The van der Waals surface area contributed by atoms with Crippen molar-refractivity contribution >= 4 is 59.8 Å². The largest absolute Gasteiger partial charge is 0.412 e. The van der Waals surface area contributed by atoms with Crippen molar-refractivity contribution in [1.29, 1.82) is 0 Å². The first kappa shape index (κ1) is 26.1. The van der Waals surface area contributed by atoms with Gasteiger partial charge in [0.1, 0.15) is 0 Å². The van der Waals surface area contributed by atoms with E-state index in [1.54, 1.807) is 0 Å². The van der Waals surface area contributed by atoms with Gasteiger partial charge in [-0.2, -0.15) is 0 Å². The van der Waals surface area contributed by atoms with E-state index in [2.05, 4.69) is 0 Å². The van der Waals surface area contributed by atoms with Gasteiger partial charge in [-0.15, -0.1) is 0 Å². The van der Waals surface area contributed by atoms with E-state index in [0.717, 1.165) is 0 Å². The molecule has 0 amide bonds. The van der Waals surface area contributed by atoms with E-state index >= 15 is 0 Å². The summed E-state index contributed by atoms with van der Waals surface area (Å²) in [7, 11) is 0. The maximum atomic E-state index is 8.36. The van der Waals surface area contributed by atoms with Crippen molar-refractivity contribution in [2.75, 3.05) is 52.9 Å². The van der Waals surface area contributed by atoms with E-state index < -0.39 is 0 Å². The Labute approximate surface area is 141 Å². The first-order valence-electron chi connectivity index (χ1n) is 4.36. The summed E-state index contributed by atoms with van der Waals surface area (Å²) in [5.74, 6) is 0. The molecule has 0 rings (SSSR count). The zero-order valence-electron chi connectivity index (χ0n) is 9.85. The Morgan fingerprint density at radius 1 is 0.625 bits per heavy atom. The quantitative estimate of drug-likeness (QED) is 0.333. The van der Waals surface area contributed by atoms with Gasteiger partial charge in [-0.05, 0) is 0 Å². The molecule has 92 valence electrons. The van der Waals surface area contributed by atoms with E-state index in [9.17, 15) is 0 Å². The zero-order valence-corrected chi connectivity index (χ0v) is 13.0. The molecule has 0 fully saturated rings. The minimum atomic E-state index is 0. The fraction of sp³-hybridized carbons (Fsp3) is 1.00.